The van der Waals surface area contributed by atoms with Gasteiger partial charge < -0.3 is 15.5 Å². The first-order valence-corrected chi connectivity index (χ1v) is 13.3. The minimum atomic E-state index is -0.526. The summed E-state index contributed by atoms with van der Waals surface area (Å²) in [6.07, 6.45) is 11.9. The number of allylic oxidation sites excluding steroid dienone is 3. The van der Waals surface area contributed by atoms with Crippen LogP contribution in [0.25, 0.3) is 0 Å². The number of para-hydroxylation sites is 1. The largest absolute Gasteiger partial charge is 0.344 e. The van der Waals surface area contributed by atoms with Crippen LogP contribution < -0.4 is 15.5 Å². The molecular weight excluding hydrogens is 422 g/mol. The molecule has 1 aromatic rings. The summed E-state index contributed by atoms with van der Waals surface area (Å²) in [6.45, 7) is 7.59. The van der Waals surface area contributed by atoms with Gasteiger partial charge in [-0.1, -0.05) is 45.4 Å². The van der Waals surface area contributed by atoms with Gasteiger partial charge in [-0.25, -0.2) is 0 Å². The van der Waals surface area contributed by atoms with Crippen molar-refractivity contribution in [3.63, 3.8) is 0 Å². The van der Waals surface area contributed by atoms with Crippen molar-refractivity contribution >= 4 is 17.5 Å². The van der Waals surface area contributed by atoms with Crippen molar-refractivity contribution in [2.75, 3.05) is 11.4 Å². The van der Waals surface area contributed by atoms with Crippen LogP contribution in [-0.4, -0.2) is 24.0 Å². The van der Waals surface area contributed by atoms with Gasteiger partial charge >= 0.3 is 0 Å². The molecule has 4 saturated carbocycles. The van der Waals surface area contributed by atoms with Gasteiger partial charge in [-0.15, -0.1) is 0 Å². The Morgan fingerprint density at radius 2 is 1.56 bits per heavy atom. The second-order valence-electron chi connectivity index (χ2n) is 11.9. The second kappa shape index (κ2) is 7.73. The number of hydrogen-bond donors (Lipinski definition) is 2. The maximum absolute atomic E-state index is 13.4. The molecule has 2 aliphatic heterocycles. The molecule has 1 spiro atoms. The second-order valence-corrected chi connectivity index (χ2v) is 11.9. The monoisotopic (exact) mass is 459 g/mol. The van der Waals surface area contributed by atoms with Crippen molar-refractivity contribution in [1.29, 1.82) is 0 Å². The van der Waals surface area contributed by atoms with E-state index in [2.05, 4.69) is 60.6 Å². The molecule has 0 atom stereocenters. The highest BCUT2D eigenvalue weighted by atomic mass is 16.2. The van der Waals surface area contributed by atoms with Gasteiger partial charge in [0.15, 0.2) is 0 Å². The van der Waals surface area contributed by atoms with E-state index in [1.807, 2.05) is 6.08 Å². The fourth-order valence-corrected chi connectivity index (χ4v) is 7.99. The van der Waals surface area contributed by atoms with Gasteiger partial charge in [0.05, 0.1) is 0 Å². The quantitative estimate of drug-likeness (QED) is 0.503. The highest BCUT2D eigenvalue weighted by Gasteiger charge is 2.60. The van der Waals surface area contributed by atoms with Crippen molar-refractivity contribution in [2.45, 2.75) is 76.8 Å². The average Bonchev–Trinajstić information content (AvgIpc) is 3.01. The predicted molar refractivity (Wildman–Crippen MR) is 134 cm³/mol. The first-order chi connectivity index (χ1) is 16.3. The maximum Gasteiger partial charge on any atom is 0.258 e. The van der Waals surface area contributed by atoms with Gasteiger partial charge in [0.1, 0.15) is 11.2 Å². The highest BCUT2D eigenvalue weighted by Crippen LogP contribution is 2.58. The number of benzene rings is 1. The standard InChI is InChI=1S/C29H37N3O2/c1-4-5-12-32-24-9-7-6-8-23(24)28(2,3)25(32)11-10-22-26(33)30-29(31-27(22)34)20-14-18-13-19(16-20)17-21(29)15-18/h6-11,18-21H,4-5,12-17H2,1-3H3,(H,30,33)(H,31,34). The Balaban J connectivity index is 1.31. The molecule has 7 rings (SSSR count). The molecule has 0 unspecified atom stereocenters. The molecule has 5 heteroatoms. The third-order valence-electron chi connectivity index (χ3n) is 9.50. The smallest absolute Gasteiger partial charge is 0.258 e. The fourth-order valence-electron chi connectivity index (χ4n) is 7.99. The van der Waals surface area contributed by atoms with E-state index in [4.69, 9.17) is 0 Å². The summed E-state index contributed by atoms with van der Waals surface area (Å²) in [5.74, 6) is 1.91. The summed E-state index contributed by atoms with van der Waals surface area (Å²) in [6, 6.07) is 8.55. The Kier molecular flexibility index (Phi) is 4.98. The number of nitrogens with one attached hydrogen (secondary N) is 2. The molecule has 2 heterocycles. The molecule has 34 heavy (non-hydrogen) atoms. The summed E-state index contributed by atoms with van der Waals surface area (Å²) in [5.41, 5.74) is 3.18. The lowest BCUT2D eigenvalue weighted by atomic mass is 9.51. The van der Waals surface area contributed by atoms with Crippen LogP contribution in [0.1, 0.15) is 71.3 Å². The van der Waals surface area contributed by atoms with Crippen molar-refractivity contribution in [3.8, 4) is 0 Å². The van der Waals surface area contributed by atoms with Crippen LogP contribution in [0.15, 0.2) is 47.7 Å². The van der Waals surface area contributed by atoms with E-state index in [0.29, 0.717) is 11.8 Å². The number of nitrogens with zero attached hydrogens (tertiary/aromatic N) is 1. The molecule has 0 aromatic heterocycles. The lowest BCUT2D eigenvalue weighted by Gasteiger charge is -2.62. The van der Waals surface area contributed by atoms with Crippen molar-refractivity contribution in [1.82, 2.24) is 10.6 Å². The van der Waals surface area contributed by atoms with Gasteiger partial charge in [0.25, 0.3) is 11.8 Å². The normalized spacial score (nSPS) is 36.1. The van der Waals surface area contributed by atoms with E-state index in [1.165, 1.54) is 17.7 Å². The van der Waals surface area contributed by atoms with E-state index < -0.39 is 5.66 Å². The lowest BCUT2D eigenvalue weighted by Crippen LogP contribution is -2.76. The molecule has 1 aromatic carbocycles. The number of amides is 2. The van der Waals surface area contributed by atoms with Crippen LogP contribution in [0, 0.1) is 23.7 Å². The fraction of sp³-hybridized carbons (Fsp3) is 0.586. The zero-order chi connectivity index (χ0) is 23.7. The molecule has 1 saturated heterocycles. The minimum Gasteiger partial charge on any atom is -0.344 e. The molecule has 5 nitrogen and oxygen atoms in total. The number of anilines is 1. The first-order valence-electron chi connectivity index (χ1n) is 13.3. The molecule has 4 bridgehead atoms. The summed E-state index contributed by atoms with van der Waals surface area (Å²) in [5, 5.41) is 6.66. The molecule has 2 N–H and O–H groups in total. The Morgan fingerprint density at radius 1 is 0.941 bits per heavy atom. The topological polar surface area (TPSA) is 61.4 Å². The lowest BCUT2D eigenvalue weighted by molar-refractivity contribution is -0.147. The van der Waals surface area contributed by atoms with Gasteiger partial charge in [0.2, 0.25) is 0 Å². The number of rotatable bonds is 4. The van der Waals surface area contributed by atoms with Crippen LogP contribution in [0.3, 0.4) is 0 Å². The van der Waals surface area contributed by atoms with Gasteiger partial charge in [0, 0.05) is 35.2 Å². The molecule has 2 amide bonds. The number of fused-ring (bicyclic) bond motifs is 1. The van der Waals surface area contributed by atoms with E-state index >= 15 is 0 Å². The SMILES string of the molecule is CCCCN1C(=CC=C2C(=O)NC3(NC2=O)C2CC4CC(C2)CC3C4)C(C)(C)c2ccccc21. The Morgan fingerprint density at radius 3 is 2.18 bits per heavy atom. The van der Waals surface area contributed by atoms with Crippen LogP contribution >= 0.6 is 0 Å². The van der Waals surface area contributed by atoms with Crippen molar-refractivity contribution < 1.29 is 9.59 Å². The molecule has 180 valence electrons. The predicted octanol–water partition coefficient (Wildman–Crippen LogP) is 4.79. The Hall–Kier alpha value is -2.56. The minimum absolute atomic E-state index is 0.189. The molecule has 6 aliphatic rings. The third kappa shape index (κ3) is 3.11. The molecular formula is C29H37N3O2. The van der Waals surface area contributed by atoms with Crippen LogP contribution in [-0.2, 0) is 15.0 Å². The third-order valence-corrected chi connectivity index (χ3v) is 9.50. The summed E-state index contributed by atoms with van der Waals surface area (Å²) < 4.78 is 0. The molecule has 0 radical (unpaired) electrons. The maximum atomic E-state index is 13.4. The van der Waals surface area contributed by atoms with E-state index in [-0.39, 0.29) is 22.8 Å². The molecule has 5 fully saturated rings. The van der Waals surface area contributed by atoms with Crippen molar-refractivity contribution in [3.05, 3.63) is 53.3 Å². The van der Waals surface area contributed by atoms with Crippen LogP contribution in [0.5, 0.6) is 0 Å². The number of carbonyl (C=O) groups is 2. The van der Waals surface area contributed by atoms with E-state index in [0.717, 1.165) is 62.6 Å². The van der Waals surface area contributed by atoms with Gasteiger partial charge in [-0.05, 0) is 74.1 Å². The van der Waals surface area contributed by atoms with E-state index in [9.17, 15) is 9.59 Å². The van der Waals surface area contributed by atoms with Gasteiger partial charge in [-0.2, -0.15) is 0 Å². The molecule has 4 aliphatic carbocycles. The van der Waals surface area contributed by atoms with Crippen LogP contribution in [0.2, 0.25) is 0 Å². The van der Waals surface area contributed by atoms with Crippen molar-refractivity contribution in [2.24, 2.45) is 23.7 Å². The Labute approximate surface area is 203 Å². The Bertz CT molecular complexity index is 1050. The zero-order valence-electron chi connectivity index (χ0n) is 20.7. The summed E-state index contributed by atoms with van der Waals surface area (Å²) in [4.78, 5) is 29.1. The summed E-state index contributed by atoms with van der Waals surface area (Å²) >= 11 is 0. The average molecular weight is 460 g/mol. The number of hydrogen-bond acceptors (Lipinski definition) is 3. The number of carbonyl (C=O) groups excluding carboxylic acids is 2. The zero-order valence-corrected chi connectivity index (χ0v) is 20.7. The first kappa shape index (κ1) is 21.9. The van der Waals surface area contributed by atoms with Gasteiger partial charge in [-0.3, -0.25) is 9.59 Å². The van der Waals surface area contributed by atoms with E-state index in [1.54, 1.807) is 6.08 Å². The summed E-state index contributed by atoms with van der Waals surface area (Å²) in [7, 11) is 0. The highest BCUT2D eigenvalue weighted by molar-refractivity contribution is 6.20. The van der Waals surface area contributed by atoms with Crippen LogP contribution in [0.4, 0.5) is 5.69 Å². The number of unbranched alkanes of at least 4 members (excludes halogenated alkanes) is 1.